The minimum Gasteiger partial charge on any atom is -0.278 e. The fraction of sp³-hybridized carbons (Fsp3) is 0. The molecule has 0 saturated heterocycles. The molecule has 7 heteroatoms. The van der Waals surface area contributed by atoms with E-state index in [4.69, 9.17) is 13.0 Å². The summed E-state index contributed by atoms with van der Waals surface area (Å²) in [6.07, 6.45) is 4.80. The third-order valence-electron chi connectivity index (χ3n) is 3.24. The number of rotatable bonds is 1. The van der Waals surface area contributed by atoms with Crippen molar-refractivity contribution in [3.05, 3.63) is 65.5 Å². The molecule has 0 amide bonds. The zero-order chi connectivity index (χ0) is 17.2. The average Bonchev–Trinajstić information content (AvgIpc) is 3.01. The lowest BCUT2D eigenvalue weighted by molar-refractivity contribution is 1.09. The molecule has 0 aliphatic carbocycles. The van der Waals surface area contributed by atoms with Gasteiger partial charge in [0, 0.05) is 23.3 Å². The smallest absolute Gasteiger partial charge is 0.222 e. The van der Waals surface area contributed by atoms with Gasteiger partial charge in [-0.25, -0.2) is 19.9 Å². The van der Waals surface area contributed by atoms with Gasteiger partial charge in [0.2, 0.25) is 5.28 Å². The number of benzene rings is 1. The van der Waals surface area contributed by atoms with Crippen LogP contribution in [0.15, 0.2) is 48.9 Å². The Labute approximate surface area is 143 Å². The lowest BCUT2D eigenvalue weighted by atomic mass is 10.1. The van der Waals surface area contributed by atoms with Crippen molar-refractivity contribution in [3.8, 4) is 23.4 Å². The largest absolute Gasteiger partial charge is 0.278 e. The Bertz CT molecular complexity index is 1140. The second kappa shape index (κ2) is 6.07. The number of hydrogen-bond donors (Lipinski definition) is 1. The zero-order valence-electron chi connectivity index (χ0n) is 13.2. The van der Waals surface area contributed by atoms with E-state index in [0.717, 1.165) is 21.6 Å². The minimum atomic E-state index is 0.140. The maximum absolute atomic E-state index is 7.60. The van der Waals surface area contributed by atoms with Gasteiger partial charge in [-0.15, -0.1) is 0 Å². The van der Waals surface area contributed by atoms with E-state index in [1.165, 1.54) is 0 Å². The van der Waals surface area contributed by atoms with Crippen molar-refractivity contribution < 1.29 is 1.41 Å². The molecule has 0 bridgehead atoms. The molecule has 0 fully saturated rings. The molecule has 114 valence electrons. The van der Waals surface area contributed by atoms with Gasteiger partial charge in [0.25, 0.3) is 0 Å². The Morgan fingerprint density at radius 1 is 1.04 bits per heavy atom. The summed E-state index contributed by atoms with van der Waals surface area (Å²) in [4.78, 5) is 16.5. The van der Waals surface area contributed by atoms with Gasteiger partial charge in [0.15, 0.2) is 7.24 Å². The second-order valence-corrected chi connectivity index (χ2v) is 5.18. The van der Waals surface area contributed by atoms with E-state index < -0.39 is 0 Å². The highest BCUT2D eigenvalue weighted by atomic mass is 35.5. The van der Waals surface area contributed by atoms with Crippen molar-refractivity contribution in [1.82, 2.24) is 30.1 Å². The fourth-order valence-corrected chi connectivity index (χ4v) is 2.27. The molecule has 4 rings (SSSR count). The van der Waals surface area contributed by atoms with Crippen molar-refractivity contribution in [3.63, 3.8) is 0 Å². The molecule has 0 atom stereocenters. The Hall–Kier alpha value is -3.30. The lowest BCUT2D eigenvalue weighted by Gasteiger charge is -1.99. The molecule has 6 nitrogen and oxygen atoms in total. The van der Waals surface area contributed by atoms with Crippen LogP contribution in [0.25, 0.3) is 22.4 Å². The third-order valence-corrected chi connectivity index (χ3v) is 3.42. The van der Waals surface area contributed by atoms with E-state index in [-0.39, 0.29) is 5.28 Å². The summed E-state index contributed by atoms with van der Waals surface area (Å²) in [5, 5.41) is 5.98. The number of fused-ring (bicyclic) bond motifs is 1. The van der Waals surface area contributed by atoms with Crippen molar-refractivity contribution in [1.29, 1.82) is 0 Å². The fourth-order valence-electron chi connectivity index (χ4n) is 2.13. The van der Waals surface area contributed by atoms with Gasteiger partial charge in [-0.2, -0.15) is 5.10 Å². The topological polar surface area (TPSA) is 80.2 Å². The predicted molar refractivity (Wildman–Crippen MR) is 90.1 cm³/mol. The molecule has 0 spiro atoms. The SMILES string of the molecule is [2H]n1ncc2cc(C#Cc3ccnc(-c4ccnc(Cl)n4)n3)ccc21. The molecule has 3 aromatic heterocycles. The van der Waals surface area contributed by atoms with Crippen LogP contribution in [0.3, 0.4) is 0 Å². The summed E-state index contributed by atoms with van der Waals surface area (Å²) in [7, 11) is 0. The molecule has 4 aromatic rings. The first-order valence-electron chi connectivity index (χ1n) is 7.45. The van der Waals surface area contributed by atoms with Gasteiger partial charge in [0.05, 0.1) is 11.7 Å². The summed E-state index contributed by atoms with van der Waals surface area (Å²) in [6.45, 7) is 0. The first-order chi connectivity index (χ1) is 12.2. The van der Waals surface area contributed by atoms with Crippen LogP contribution in [-0.4, -0.2) is 30.1 Å². The standard InChI is InChI=1S/C17H9ClN6/c18-17-20-8-6-15(23-17)16-19-7-5-13(22-16)3-1-11-2-4-14-12(9-11)10-21-24-14/h2,4-10H,(H,21,24)/i/hD. The van der Waals surface area contributed by atoms with E-state index in [2.05, 4.69) is 36.9 Å². The summed E-state index contributed by atoms with van der Waals surface area (Å²) in [5.41, 5.74) is 2.64. The second-order valence-electron chi connectivity index (χ2n) is 4.84. The molecular weight excluding hydrogens is 324 g/mol. The highest BCUT2D eigenvalue weighted by Gasteiger charge is 2.04. The number of aromatic amines is 1. The Morgan fingerprint density at radius 3 is 2.88 bits per heavy atom. The summed E-state index contributed by atoms with van der Waals surface area (Å²) >= 11 is 5.80. The Morgan fingerprint density at radius 2 is 1.96 bits per heavy atom. The molecular formula is C17H9ClN6. The maximum atomic E-state index is 7.60. The maximum Gasteiger partial charge on any atom is 0.222 e. The van der Waals surface area contributed by atoms with Crippen molar-refractivity contribution in [2.45, 2.75) is 0 Å². The summed E-state index contributed by atoms with van der Waals surface area (Å²) in [5.74, 6) is 6.49. The molecule has 0 unspecified atom stereocenters. The van der Waals surface area contributed by atoms with Gasteiger partial charge in [-0.05, 0) is 47.9 Å². The highest BCUT2D eigenvalue weighted by Crippen LogP contribution is 2.14. The molecule has 0 aliphatic rings. The quantitative estimate of drug-likeness (QED) is 0.428. The van der Waals surface area contributed by atoms with Crippen LogP contribution in [0.5, 0.6) is 0 Å². The van der Waals surface area contributed by atoms with Crippen molar-refractivity contribution >= 4 is 22.5 Å². The van der Waals surface area contributed by atoms with Crippen LogP contribution < -0.4 is 0 Å². The molecule has 0 radical (unpaired) electrons. The molecule has 24 heavy (non-hydrogen) atoms. The molecule has 1 aromatic carbocycles. The summed E-state index contributed by atoms with van der Waals surface area (Å²) in [6, 6.07) is 8.94. The first kappa shape index (κ1) is 13.2. The summed E-state index contributed by atoms with van der Waals surface area (Å²) < 4.78 is 7.60. The lowest BCUT2D eigenvalue weighted by Crippen LogP contribution is -1.94. The van der Waals surface area contributed by atoms with Crippen LogP contribution in [0.1, 0.15) is 11.3 Å². The van der Waals surface area contributed by atoms with Gasteiger partial charge < -0.3 is 0 Å². The average molecular weight is 334 g/mol. The van der Waals surface area contributed by atoms with Crippen LogP contribution in [0.4, 0.5) is 0 Å². The monoisotopic (exact) mass is 333 g/mol. The number of nitrogens with zero attached hydrogens (tertiary/aromatic N) is 5. The van der Waals surface area contributed by atoms with E-state index in [1.807, 2.05) is 18.2 Å². The predicted octanol–water partition coefficient (Wildman–Crippen LogP) is 2.86. The van der Waals surface area contributed by atoms with Crippen molar-refractivity contribution in [2.75, 3.05) is 0 Å². The van der Waals surface area contributed by atoms with Crippen LogP contribution in [-0.2, 0) is 0 Å². The van der Waals surface area contributed by atoms with E-state index in [1.54, 1.807) is 30.7 Å². The van der Waals surface area contributed by atoms with Crippen LogP contribution in [0.2, 0.25) is 6.70 Å². The molecule has 0 saturated carbocycles. The molecule has 0 aliphatic heterocycles. The number of hydrogen-bond acceptors (Lipinski definition) is 5. The molecule has 3 heterocycles. The van der Waals surface area contributed by atoms with Gasteiger partial charge >= 0.3 is 0 Å². The number of H-pyrrole nitrogens is 1. The number of nitrogens with one attached hydrogen (secondary N) is 1. The van der Waals surface area contributed by atoms with E-state index >= 15 is 0 Å². The highest BCUT2D eigenvalue weighted by molar-refractivity contribution is 6.28. The third kappa shape index (κ3) is 2.93. The van der Waals surface area contributed by atoms with Gasteiger partial charge in [0.1, 0.15) is 11.4 Å². The van der Waals surface area contributed by atoms with E-state index in [9.17, 15) is 0 Å². The number of halogens is 1. The van der Waals surface area contributed by atoms with Crippen LogP contribution in [0, 0.1) is 11.8 Å². The number of aromatic nitrogens is 6. The Balaban J connectivity index is 1.67. The first-order valence-corrected chi connectivity index (χ1v) is 7.38. The van der Waals surface area contributed by atoms with Gasteiger partial charge in [-0.3, -0.25) is 5.09 Å². The zero-order valence-corrected chi connectivity index (χ0v) is 12.9. The molecule has 1 N–H and O–H groups in total. The van der Waals surface area contributed by atoms with E-state index in [0.29, 0.717) is 17.2 Å². The van der Waals surface area contributed by atoms with Gasteiger partial charge in [-0.1, -0.05) is 5.92 Å². The van der Waals surface area contributed by atoms with Crippen molar-refractivity contribution in [2.24, 2.45) is 0 Å². The normalized spacial score (nSPS) is 11.0. The Kier molecular flexibility index (Phi) is 3.33. The van der Waals surface area contributed by atoms with Crippen LogP contribution >= 0.6 is 11.6 Å². The minimum absolute atomic E-state index is 0.140.